The van der Waals surface area contributed by atoms with E-state index in [-0.39, 0.29) is 5.75 Å². The van der Waals surface area contributed by atoms with Crippen LogP contribution in [0.1, 0.15) is 32.1 Å². The Morgan fingerprint density at radius 2 is 2.00 bits per heavy atom. The molecule has 0 unspecified atom stereocenters. The van der Waals surface area contributed by atoms with E-state index in [1.165, 1.54) is 25.7 Å². The first-order valence-electron chi connectivity index (χ1n) is 5.61. The minimum Gasteiger partial charge on any atom is -0.215 e. The largest absolute Gasteiger partial charge is 0.215 e. The minimum absolute atomic E-state index is 0.164. The van der Waals surface area contributed by atoms with Crippen LogP contribution in [0.3, 0.4) is 0 Å². The van der Waals surface area contributed by atoms with E-state index in [0.29, 0.717) is 24.3 Å². The van der Waals surface area contributed by atoms with Crippen LogP contribution in [0.5, 0.6) is 0 Å². The molecular formula is C10H18ClNO2S. The predicted molar refractivity (Wildman–Crippen MR) is 61.5 cm³/mol. The highest BCUT2D eigenvalue weighted by atomic mass is 35.5. The Balaban J connectivity index is 1.77. The Labute approximate surface area is 96.6 Å². The monoisotopic (exact) mass is 251 g/mol. The molecule has 1 N–H and O–H groups in total. The molecule has 2 aliphatic rings. The molecule has 0 aromatic carbocycles. The topological polar surface area (TPSA) is 46.2 Å². The summed E-state index contributed by atoms with van der Waals surface area (Å²) in [6.45, 7) is 0.655. The van der Waals surface area contributed by atoms with Gasteiger partial charge in [0.05, 0.1) is 5.75 Å². The second kappa shape index (κ2) is 4.22. The van der Waals surface area contributed by atoms with Crippen molar-refractivity contribution in [3.8, 4) is 0 Å². The molecule has 0 aromatic heterocycles. The van der Waals surface area contributed by atoms with Crippen LogP contribution in [0, 0.1) is 11.3 Å². The van der Waals surface area contributed by atoms with Gasteiger partial charge in [-0.2, -0.15) is 0 Å². The highest BCUT2D eigenvalue weighted by Crippen LogP contribution is 2.60. The zero-order valence-electron chi connectivity index (χ0n) is 8.84. The first kappa shape index (κ1) is 11.7. The van der Waals surface area contributed by atoms with Gasteiger partial charge in [-0.15, -0.1) is 11.6 Å². The van der Waals surface area contributed by atoms with Crippen molar-refractivity contribution in [1.29, 1.82) is 0 Å². The van der Waals surface area contributed by atoms with Gasteiger partial charge in [-0.25, -0.2) is 13.1 Å². The fourth-order valence-electron chi connectivity index (χ4n) is 2.16. The molecule has 88 valence electrons. The molecule has 2 rings (SSSR count). The number of hydrogen-bond acceptors (Lipinski definition) is 2. The van der Waals surface area contributed by atoms with Gasteiger partial charge in [0.15, 0.2) is 0 Å². The molecule has 0 amide bonds. The molecule has 3 nitrogen and oxygen atoms in total. The average molecular weight is 252 g/mol. The fraction of sp³-hybridized carbons (Fsp3) is 1.00. The minimum atomic E-state index is -3.08. The first-order valence-corrected chi connectivity index (χ1v) is 7.80. The van der Waals surface area contributed by atoms with E-state index < -0.39 is 10.0 Å². The number of halogens is 1. The van der Waals surface area contributed by atoms with E-state index in [0.717, 1.165) is 5.92 Å². The van der Waals surface area contributed by atoms with Gasteiger partial charge in [0, 0.05) is 12.4 Å². The van der Waals surface area contributed by atoms with Crippen molar-refractivity contribution in [1.82, 2.24) is 4.72 Å². The third-order valence-corrected chi connectivity index (χ3v) is 5.20. The van der Waals surface area contributed by atoms with E-state index in [4.69, 9.17) is 11.6 Å². The summed E-state index contributed by atoms with van der Waals surface area (Å²) in [6.07, 6.45) is 5.53. The van der Waals surface area contributed by atoms with Crippen molar-refractivity contribution in [2.75, 3.05) is 18.2 Å². The standard InChI is InChI=1S/C10H18ClNO2S/c11-6-1-7-15(13,14)12-8-10(4-5-10)9-2-3-9/h9,12H,1-8H2. The molecule has 15 heavy (non-hydrogen) atoms. The van der Waals surface area contributed by atoms with Crippen molar-refractivity contribution >= 4 is 21.6 Å². The molecule has 2 aliphatic carbocycles. The summed E-state index contributed by atoms with van der Waals surface area (Å²) in [7, 11) is -3.08. The van der Waals surface area contributed by atoms with Gasteiger partial charge in [0.25, 0.3) is 0 Å². The van der Waals surface area contributed by atoms with Crippen molar-refractivity contribution in [3.05, 3.63) is 0 Å². The molecule has 2 fully saturated rings. The smallest absolute Gasteiger partial charge is 0.211 e. The third kappa shape index (κ3) is 3.08. The zero-order valence-corrected chi connectivity index (χ0v) is 10.4. The van der Waals surface area contributed by atoms with Crippen LogP contribution < -0.4 is 4.72 Å². The third-order valence-electron chi connectivity index (χ3n) is 3.53. The average Bonchev–Trinajstić information content (AvgIpc) is 3.02. The molecule has 0 radical (unpaired) electrons. The van der Waals surface area contributed by atoms with Crippen LogP contribution in [0.25, 0.3) is 0 Å². The van der Waals surface area contributed by atoms with Crippen LogP contribution in [0.15, 0.2) is 0 Å². The van der Waals surface area contributed by atoms with Gasteiger partial charge in [-0.3, -0.25) is 0 Å². The summed E-state index contributed by atoms with van der Waals surface area (Å²) in [5.41, 5.74) is 0.341. The van der Waals surface area contributed by atoms with E-state index in [9.17, 15) is 8.42 Å². The second-order valence-electron chi connectivity index (χ2n) is 4.82. The highest BCUT2D eigenvalue weighted by molar-refractivity contribution is 7.89. The molecule has 0 atom stereocenters. The summed E-state index contributed by atoms with van der Waals surface area (Å²) >= 11 is 5.48. The van der Waals surface area contributed by atoms with E-state index in [1.54, 1.807) is 0 Å². The Bertz CT molecular complexity index is 320. The van der Waals surface area contributed by atoms with E-state index >= 15 is 0 Å². The van der Waals surface area contributed by atoms with Crippen LogP contribution in [0.4, 0.5) is 0 Å². The molecule has 0 heterocycles. The molecule has 5 heteroatoms. The lowest BCUT2D eigenvalue weighted by Gasteiger charge is -2.14. The quantitative estimate of drug-likeness (QED) is 0.701. The highest BCUT2D eigenvalue weighted by Gasteiger charge is 2.53. The molecule has 2 saturated carbocycles. The van der Waals surface area contributed by atoms with Gasteiger partial charge in [0.1, 0.15) is 0 Å². The normalized spacial score (nSPS) is 24.1. The lowest BCUT2D eigenvalue weighted by atomic mass is 10.0. The Hall–Kier alpha value is 0.200. The van der Waals surface area contributed by atoms with Gasteiger partial charge in [-0.05, 0) is 43.4 Å². The van der Waals surface area contributed by atoms with Crippen LogP contribution in [-0.4, -0.2) is 26.6 Å². The summed E-state index contributed by atoms with van der Waals surface area (Å²) < 4.78 is 25.8. The molecule has 0 aromatic rings. The summed E-state index contributed by atoms with van der Waals surface area (Å²) in [6, 6.07) is 0. The van der Waals surface area contributed by atoms with Crippen molar-refractivity contribution in [2.24, 2.45) is 11.3 Å². The molecule has 0 spiro atoms. The molecule has 0 bridgehead atoms. The van der Waals surface area contributed by atoms with Crippen molar-refractivity contribution < 1.29 is 8.42 Å². The predicted octanol–water partition coefficient (Wildman–Crippen LogP) is 1.72. The maximum atomic E-state index is 11.5. The summed E-state index contributed by atoms with van der Waals surface area (Å²) in [5.74, 6) is 1.37. The van der Waals surface area contributed by atoms with Crippen LogP contribution in [-0.2, 0) is 10.0 Å². The Morgan fingerprint density at radius 1 is 1.33 bits per heavy atom. The lowest BCUT2D eigenvalue weighted by molar-refractivity contribution is 0.432. The summed E-state index contributed by atoms with van der Waals surface area (Å²) in [5, 5.41) is 0. The maximum Gasteiger partial charge on any atom is 0.211 e. The first-order chi connectivity index (χ1) is 7.08. The lowest BCUT2D eigenvalue weighted by Crippen LogP contribution is -2.33. The van der Waals surface area contributed by atoms with Gasteiger partial charge in [0.2, 0.25) is 10.0 Å². The number of nitrogens with one attached hydrogen (secondary N) is 1. The molecule has 0 saturated heterocycles. The van der Waals surface area contributed by atoms with Crippen molar-refractivity contribution in [2.45, 2.75) is 32.1 Å². The zero-order chi connectivity index (χ0) is 10.9. The summed E-state index contributed by atoms with van der Waals surface area (Å²) in [4.78, 5) is 0. The number of alkyl halides is 1. The SMILES string of the molecule is O=S(=O)(CCCCl)NCC1(C2CC2)CC1. The van der Waals surface area contributed by atoms with E-state index in [2.05, 4.69) is 4.72 Å². The van der Waals surface area contributed by atoms with Crippen LogP contribution in [0.2, 0.25) is 0 Å². The Kier molecular flexibility index (Phi) is 3.29. The molecular weight excluding hydrogens is 234 g/mol. The Morgan fingerprint density at radius 3 is 2.47 bits per heavy atom. The number of sulfonamides is 1. The second-order valence-corrected chi connectivity index (χ2v) is 7.12. The number of rotatable bonds is 7. The van der Waals surface area contributed by atoms with Crippen molar-refractivity contribution in [3.63, 3.8) is 0 Å². The van der Waals surface area contributed by atoms with E-state index in [1.807, 2.05) is 0 Å². The van der Waals surface area contributed by atoms with Gasteiger partial charge < -0.3 is 0 Å². The van der Waals surface area contributed by atoms with Gasteiger partial charge in [-0.1, -0.05) is 0 Å². The van der Waals surface area contributed by atoms with Gasteiger partial charge >= 0.3 is 0 Å². The van der Waals surface area contributed by atoms with Crippen LogP contribution >= 0.6 is 11.6 Å². The molecule has 0 aliphatic heterocycles. The fourth-order valence-corrected chi connectivity index (χ4v) is 3.62. The maximum absolute atomic E-state index is 11.5. The number of hydrogen-bond donors (Lipinski definition) is 1.